The number of aldehydes is 1. The molecular formula is C17H27N3O3. The van der Waals surface area contributed by atoms with Gasteiger partial charge in [0.2, 0.25) is 0 Å². The third-order valence-corrected chi connectivity index (χ3v) is 3.69. The number of methoxy groups -OCH3 is 1. The predicted octanol–water partition coefficient (Wildman–Crippen LogP) is 1.55. The van der Waals surface area contributed by atoms with Gasteiger partial charge in [-0.2, -0.15) is 0 Å². The molecule has 1 aliphatic rings. The number of nitrogens with two attached hydrogens (primary N) is 1. The highest BCUT2D eigenvalue weighted by atomic mass is 16.5. The minimum atomic E-state index is -0.253. The topological polar surface area (TPSA) is 75.9 Å². The van der Waals surface area contributed by atoms with Crippen molar-refractivity contribution in [2.24, 2.45) is 0 Å². The summed E-state index contributed by atoms with van der Waals surface area (Å²) in [5.74, 6) is -0.253. The molecule has 1 heterocycles. The number of hydrogen-bond acceptors (Lipinski definition) is 6. The number of nitrogen functional groups attached to an aromatic ring is 1. The molecule has 0 radical (unpaired) electrons. The summed E-state index contributed by atoms with van der Waals surface area (Å²) in [6, 6.07) is 8.13. The van der Waals surface area contributed by atoms with Gasteiger partial charge in [0.05, 0.1) is 7.11 Å². The monoisotopic (exact) mass is 321 g/mol. The molecule has 0 spiro atoms. The van der Waals surface area contributed by atoms with Crippen LogP contribution in [-0.2, 0) is 14.3 Å². The fourth-order valence-electron chi connectivity index (χ4n) is 2.18. The lowest BCUT2D eigenvalue weighted by Gasteiger charge is -2.34. The van der Waals surface area contributed by atoms with Gasteiger partial charge >= 0.3 is 5.97 Å². The number of ether oxygens (including phenoxy) is 1. The second kappa shape index (κ2) is 10.6. The molecule has 1 aromatic carbocycles. The average Bonchev–Trinajstić information content (AvgIpc) is 2.57. The van der Waals surface area contributed by atoms with Crippen LogP contribution in [0.1, 0.15) is 19.3 Å². The summed E-state index contributed by atoms with van der Waals surface area (Å²) in [6.07, 6.45) is 2.17. The first kappa shape index (κ1) is 19.0. The lowest BCUT2D eigenvalue weighted by atomic mass is 10.2. The molecule has 23 heavy (non-hydrogen) atoms. The number of nitrogens with zero attached hydrogens (tertiary/aromatic N) is 2. The van der Waals surface area contributed by atoms with Crippen molar-refractivity contribution in [1.29, 1.82) is 0 Å². The number of unbranched alkanes of at least 4 members (excludes halogenated alkanes) is 1. The second-order valence-electron chi connectivity index (χ2n) is 5.52. The van der Waals surface area contributed by atoms with Crippen LogP contribution < -0.4 is 10.6 Å². The van der Waals surface area contributed by atoms with Crippen LogP contribution in [0.25, 0.3) is 0 Å². The first-order valence-electron chi connectivity index (χ1n) is 7.86. The Morgan fingerprint density at radius 3 is 2.35 bits per heavy atom. The SMILES string of the molecule is CN1CCN(c2ccc(N)cc2)CC1.COC(=O)CCCC=O. The molecule has 6 nitrogen and oxygen atoms in total. The van der Waals surface area contributed by atoms with Gasteiger partial charge in [-0.15, -0.1) is 0 Å². The molecule has 2 rings (SSSR count). The number of esters is 1. The Morgan fingerprint density at radius 2 is 1.83 bits per heavy atom. The van der Waals surface area contributed by atoms with Gasteiger partial charge < -0.3 is 25.1 Å². The molecule has 0 unspecified atom stereocenters. The van der Waals surface area contributed by atoms with Crippen molar-refractivity contribution in [1.82, 2.24) is 4.90 Å². The lowest BCUT2D eigenvalue weighted by Crippen LogP contribution is -2.44. The van der Waals surface area contributed by atoms with E-state index < -0.39 is 0 Å². The molecule has 2 N–H and O–H groups in total. The van der Waals surface area contributed by atoms with Crippen LogP contribution in [0.3, 0.4) is 0 Å². The molecule has 0 atom stereocenters. The maximum Gasteiger partial charge on any atom is 0.305 e. The number of rotatable bonds is 5. The van der Waals surface area contributed by atoms with E-state index in [0.29, 0.717) is 19.3 Å². The van der Waals surface area contributed by atoms with E-state index in [1.165, 1.54) is 12.8 Å². The molecular weight excluding hydrogens is 294 g/mol. The zero-order chi connectivity index (χ0) is 17.1. The highest BCUT2D eigenvalue weighted by molar-refractivity contribution is 5.69. The fourth-order valence-corrected chi connectivity index (χ4v) is 2.18. The van der Waals surface area contributed by atoms with Gasteiger partial charge in [0.25, 0.3) is 0 Å². The molecule has 0 aliphatic carbocycles. The number of anilines is 2. The van der Waals surface area contributed by atoms with Crippen LogP contribution in [-0.4, -0.2) is 57.5 Å². The van der Waals surface area contributed by atoms with Gasteiger partial charge in [0.1, 0.15) is 6.29 Å². The average molecular weight is 321 g/mol. The number of carbonyl (C=O) groups is 2. The standard InChI is InChI=1S/C11H17N3.C6H10O3/c1-13-6-8-14(9-7-13)11-4-2-10(12)3-5-11;1-9-6(8)4-2-3-5-7/h2-5H,6-9,12H2,1H3;5H,2-4H2,1H3. The van der Waals surface area contributed by atoms with E-state index in [1.807, 2.05) is 12.1 Å². The number of likely N-dealkylation sites (N-methyl/N-ethyl adjacent to an activating group) is 1. The van der Waals surface area contributed by atoms with Crippen molar-refractivity contribution in [3.63, 3.8) is 0 Å². The molecule has 0 amide bonds. The van der Waals surface area contributed by atoms with Crippen molar-refractivity contribution in [3.05, 3.63) is 24.3 Å². The van der Waals surface area contributed by atoms with Gasteiger partial charge in [-0.05, 0) is 37.7 Å². The van der Waals surface area contributed by atoms with Crippen molar-refractivity contribution in [2.75, 3.05) is 51.0 Å². The first-order valence-corrected chi connectivity index (χ1v) is 7.86. The second-order valence-corrected chi connectivity index (χ2v) is 5.52. The van der Waals surface area contributed by atoms with Crippen molar-refractivity contribution >= 4 is 23.6 Å². The van der Waals surface area contributed by atoms with Crippen LogP contribution in [0.2, 0.25) is 0 Å². The number of benzene rings is 1. The fraction of sp³-hybridized carbons (Fsp3) is 0.529. The lowest BCUT2D eigenvalue weighted by molar-refractivity contribution is -0.140. The van der Waals surface area contributed by atoms with Gasteiger partial charge in [0.15, 0.2) is 0 Å². The third kappa shape index (κ3) is 7.65. The van der Waals surface area contributed by atoms with E-state index in [-0.39, 0.29) is 5.97 Å². The third-order valence-electron chi connectivity index (χ3n) is 3.69. The van der Waals surface area contributed by atoms with E-state index in [0.717, 1.165) is 38.2 Å². The molecule has 1 fully saturated rings. The Labute approximate surface area is 138 Å². The van der Waals surface area contributed by atoms with Gasteiger partial charge in [-0.3, -0.25) is 4.79 Å². The molecule has 0 saturated carbocycles. The van der Waals surface area contributed by atoms with Gasteiger partial charge in [0, 0.05) is 50.4 Å². The Morgan fingerprint density at radius 1 is 1.22 bits per heavy atom. The summed E-state index contributed by atoms with van der Waals surface area (Å²) in [5.41, 5.74) is 7.77. The number of piperazine rings is 1. The summed E-state index contributed by atoms with van der Waals surface area (Å²) in [4.78, 5) is 24.8. The maximum atomic E-state index is 10.3. The smallest absolute Gasteiger partial charge is 0.305 e. The highest BCUT2D eigenvalue weighted by Crippen LogP contribution is 2.17. The molecule has 0 bridgehead atoms. The Hall–Kier alpha value is -2.08. The van der Waals surface area contributed by atoms with E-state index in [1.54, 1.807) is 0 Å². The Balaban J connectivity index is 0.000000257. The quantitative estimate of drug-likeness (QED) is 0.384. The van der Waals surface area contributed by atoms with Crippen molar-refractivity contribution in [3.8, 4) is 0 Å². The summed E-state index contributed by atoms with van der Waals surface area (Å²) >= 11 is 0. The van der Waals surface area contributed by atoms with Crippen LogP contribution in [0.4, 0.5) is 11.4 Å². The van der Waals surface area contributed by atoms with Gasteiger partial charge in [-0.1, -0.05) is 0 Å². The largest absolute Gasteiger partial charge is 0.469 e. The summed E-state index contributed by atoms with van der Waals surface area (Å²) in [6.45, 7) is 4.51. The molecule has 0 aromatic heterocycles. The van der Waals surface area contributed by atoms with Crippen LogP contribution in [0.15, 0.2) is 24.3 Å². The molecule has 6 heteroatoms. The summed E-state index contributed by atoms with van der Waals surface area (Å²) in [5, 5.41) is 0. The van der Waals surface area contributed by atoms with E-state index in [4.69, 9.17) is 5.73 Å². The highest BCUT2D eigenvalue weighted by Gasteiger charge is 2.13. The molecule has 1 saturated heterocycles. The first-order chi connectivity index (χ1) is 11.1. The summed E-state index contributed by atoms with van der Waals surface area (Å²) < 4.78 is 4.34. The van der Waals surface area contributed by atoms with E-state index in [2.05, 4.69) is 33.7 Å². The van der Waals surface area contributed by atoms with Gasteiger partial charge in [-0.25, -0.2) is 0 Å². The van der Waals surface area contributed by atoms with Crippen LogP contribution >= 0.6 is 0 Å². The predicted molar refractivity (Wildman–Crippen MR) is 92.5 cm³/mol. The normalized spacial score (nSPS) is 14.6. The van der Waals surface area contributed by atoms with Crippen molar-refractivity contribution in [2.45, 2.75) is 19.3 Å². The molecule has 1 aromatic rings. The minimum absolute atomic E-state index is 0.253. The van der Waals surface area contributed by atoms with E-state index >= 15 is 0 Å². The molecule has 128 valence electrons. The van der Waals surface area contributed by atoms with Crippen LogP contribution in [0, 0.1) is 0 Å². The summed E-state index contributed by atoms with van der Waals surface area (Å²) in [7, 11) is 3.50. The van der Waals surface area contributed by atoms with Crippen molar-refractivity contribution < 1.29 is 14.3 Å². The number of carbonyl (C=O) groups excluding carboxylic acids is 2. The molecule has 1 aliphatic heterocycles. The zero-order valence-electron chi connectivity index (χ0n) is 14.0. The number of hydrogen-bond donors (Lipinski definition) is 1. The Bertz CT molecular complexity index is 468. The van der Waals surface area contributed by atoms with Crippen LogP contribution in [0.5, 0.6) is 0 Å². The minimum Gasteiger partial charge on any atom is -0.469 e. The zero-order valence-corrected chi connectivity index (χ0v) is 14.0. The van der Waals surface area contributed by atoms with E-state index in [9.17, 15) is 9.59 Å². The Kier molecular flexibility index (Phi) is 8.75. The maximum absolute atomic E-state index is 10.3.